The highest BCUT2D eigenvalue weighted by Crippen LogP contribution is 2.11. The summed E-state index contributed by atoms with van der Waals surface area (Å²) in [5, 5.41) is 8.46. The lowest BCUT2D eigenvalue weighted by Gasteiger charge is -2.05. The van der Waals surface area contributed by atoms with E-state index in [0.29, 0.717) is 18.6 Å². The maximum Gasteiger partial charge on any atom is 0.303 e. The summed E-state index contributed by atoms with van der Waals surface area (Å²) < 4.78 is 31.3. The fourth-order valence-corrected chi connectivity index (χ4v) is 1.83. The molecular weight excluding hydrogens is 266 g/mol. The van der Waals surface area contributed by atoms with Gasteiger partial charge >= 0.3 is 5.97 Å². The summed E-state index contributed by atoms with van der Waals surface area (Å²) in [5.74, 6) is -1.93. The van der Waals surface area contributed by atoms with E-state index in [9.17, 15) is 13.6 Å². The third kappa shape index (κ3) is 7.19. The van der Waals surface area contributed by atoms with Crippen LogP contribution in [0.25, 0.3) is 0 Å². The third-order valence-corrected chi connectivity index (χ3v) is 2.95. The van der Waals surface area contributed by atoms with Crippen LogP contribution in [0.2, 0.25) is 0 Å². The second-order valence-electron chi connectivity index (χ2n) is 4.70. The first-order chi connectivity index (χ1) is 9.59. The molecule has 0 spiro atoms. The zero-order chi connectivity index (χ0) is 14.8. The second-order valence-corrected chi connectivity index (χ2v) is 4.70. The molecule has 1 rings (SSSR count). The van der Waals surface area contributed by atoms with Crippen molar-refractivity contribution in [2.75, 3.05) is 6.61 Å². The first-order valence-electron chi connectivity index (χ1n) is 6.83. The molecule has 0 amide bonds. The Balaban J connectivity index is 2.01. The van der Waals surface area contributed by atoms with Crippen LogP contribution in [0.3, 0.4) is 0 Å². The van der Waals surface area contributed by atoms with Gasteiger partial charge in [0.25, 0.3) is 0 Å². The standard InChI is InChI=1S/C15H20F2O3/c16-13-8-7-12(14(17)10-13)11-20-9-5-3-1-2-4-6-15(18)19/h7-8,10H,1-6,9,11H2,(H,18,19). The number of benzene rings is 1. The Morgan fingerprint density at radius 3 is 2.50 bits per heavy atom. The van der Waals surface area contributed by atoms with Crippen molar-refractivity contribution < 1.29 is 23.4 Å². The molecule has 0 saturated carbocycles. The van der Waals surface area contributed by atoms with E-state index in [1.807, 2.05) is 0 Å². The van der Waals surface area contributed by atoms with E-state index in [0.717, 1.165) is 31.7 Å². The van der Waals surface area contributed by atoms with Gasteiger partial charge in [-0.2, -0.15) is 0 Å². The molecule has 0 heterocycles. The summed E-state index contributed by atoms with van der Waals surface area (Å²) >= 11 is 0. The van der Waals surface area contributed by atoms with E-state index in [1.165, 1.54) is 12.1 Å². The molecule has 0 aromatic heterocycles. The van der Waals surface area contributed by atoms with Crippen LogP contribution < -0.4 is 0 Å². The monoisotopic (exact) mass is 286 g/mol. The summed E-state index contributed by atoms with van der Waals surface area (Å²) in [6, 6.07) is 3.45. The fraction of sp³-hybridized carbons (Fsp3) is 0.533. The molecule has 0 radical (unpaired) electrons. The molecule has 0 aliphatic carbocycles. The van der Waals surface area contributed by atoms with Crippen molar-refractivity contribution in [3.8, 4) is 0 Å². The molecule has 0 saturated heterocycles. The summed E-state index contributed by atoms with van der Waals surface area (Å²) in [7, 11) is 0. The van der Waals surface area contributed by atoms with Gasteiger partial charge in [0.15, 0.2) is 0 Å². The number of halogens is 2. The van der Waals surface area contributed by atoms with Gasteiger partial charge in [0.2, 0.25) is 0 Å². The van der Waals surface area contributed by atoms with Gasteiger partial charge in [0.1, 0.15) is 11.6 Å². The molecule has 0 atom stereocenters. The molecule has 0 fully saturated rings. The molecule has 3 nitrogen and oxygen atoms in total. The third-order valence-electron chi connectivity index (χ3n) is 2.95. The fourth-order valence-electron chi connectivity index (χ4n) is 1.83. The van der Waals surface area contributed by atoms with E-state index < -0.39 is 17.6 Å². The van der Waals surface area contributed by atoms with Gasteiger partial charge in [-0.25, -0.2) is 8.78 Å². The number of hydrogen-bond acceptors (Lipinski definition) is 2. The number of carbonyl (C=O) groups is 1. The Morgan fingerprint density at radius 1 is 1.10 bits per heavy atom. The van der Waals surface area contributed by atoms with E-state index in [2.05, 4.69) is 0 Å². The molecular formula is C15H20F2O3. The van der Waals surface area contributed by atoms with Crippen molar-refractivity contribution >= 4 is 5.97 Å². The molecule has 0 bridgehead atoms. The number of ether oxygens (including phenoxy) is 1. The number of aliphatic carboxylic acids is 1. The lowest BCUT2D eigenvalue weighted by Crippen LogP contribution is -1.99. The molecule has 20 heavy (non-hydrogen) atoms. The second kappa shape index (κ2) is 9.42. The molecule has 1 aromatic rings. The van der Waals surface area contributed by atoms with Gasteiger partial charge in [0, 0.05) is 24.7 Å². The Bertz CT molecular complexity index is 422. The number of carboxylic acids is 1. The molecule has 1 N–H and O–H groups in total. The van der Waals surface area contributed by atoms with Crippen molar-refractivity contribution in [3.05, 3.63) is 35.4 Å². The van der Waals surface area contributed by atoms with Gasteiger partial charge in [-0.15, -0.1) is 0 Å². The smallest absolute Gasteiger partial charge is 0.303 e. The average Bonchev–Trinajstić information content (AvgIpc) is 2.38. The highest BCUT2D eigenvalue weighted by atomic mass is 19.1. The first kappa shape index (κ1) is 16.6. The van der Waals surface area contributed by atoms with Crippen LogP contribution in [0.5, 0.6) is 0 Å². The minimum Gasteiger partial charge on any atom is -0.481 e. The van der Waals surface area contributed by atoms with Gasteiger partial charge < -0.3 is 9.84 Å². The van der Waals surface area contributed by atoms with Crippen LogP contribution in [-0.2, 0) is 16.1 Å². The van der Waals surface area contributed by atoms with Crippen LogP contribution in [0.4, 0.5) is 8.78 Å². The quantitative estimate of drug-likeness (QED) is 0.663. The van der Waals surface area contributed by atoms with Crippen molar-refractivity contribution in [1.29, 1.82) is 0 Å². The molecule has 112 valence electrons. The van der Waals surface area contributed by atoms with Crippen molar-refractivity contribution in [3.63, 3.8) is 0 Å². The molecule has 1 aromatic carbocycles. The molecule has 0 unspecified atom stereocenters. The number of carboxylic acid groups (broad SMARTS) is 1. The van der Waals surface area contributed by atoms with Crippen LogP contribution >= 0.6 is 0 Å². The topological polar surface area (TPSA) is 46.5 Å². The van der Waals surface area contributed by atoms with Crippen molar-refractivity contribution in [2.45, 2.75) is 45.1 Å². The van der Waals surface area contributed by atoms with E-state index >= 15 is 0 Å². The number of unbranched alkanes of at least 4 members (excludes halogenated alkanes) is 4. The van der Waals surface area contributed by atoms with E-state index in [-0.39, 0.29) is 13.0 Å². The summed E-state index contributed by atoms with van der Waals surface area (Å²) in [6.45, 7) is 0.668. The lowest BCUT2D eigenvalue weighted by atomic mass is 10.1. The SMILES string of the molecule is O=C(O)CCCCCCCOCc1ccc(F)cc1F. The summed E-state index contributed by atoms with van der Waals surface area (Å²) in [6.07, 6.45) is 4.62. The number of hydrogen-bond donors (Lipinski definition) is 1. The van der Waals surface area contributed by atoms with Crippen LogP contribution in [0.15, 0.2) is 18.2 Å². The Morgan fingerprint density at radius 2 is 1.80 bits per heavy atom. The van der Waals surface area contributed by atoms with Gasteiger partial charge in [-0.05, 0) is 18.9 Å². The maximum absolute atomic E-state index is 13.3. The minimum atomic E-state index is -0.755. The number of rotatable bonds is 10. The summed E-state index contributed by atoms with van der Waals surface area (Å²) in [5.41, 5.74) is 0.354. The van der Waals surface area contributed by atoms with E-state index in [4.69, 9.17) is 9.84 Å². The normalized spacial score (nSPS) is 10.7. The maximum atomic E-state index is 13.3. The predicted molar refractivity (Wildman–Crippen MR) is 71.4 cm³/mol. The van der Waals surface area contributed by atoms with Gasteiger partial charge in [-0.1, -0.05) is 25.3 Å². The molecule has 5 heteroatoms. The zero-order valence-corrected chi connectivity index (χ0v) is 11.4. The highest BCUT2D eigenvalue weighted by molar-refractivity contribution is 5.66. The van der Waals surface area contributed by atoms with Crippen molar-refractivity contribution in [2.24, 2.45) is 0 Å². The van der Waals surface area contributed by atoms with E-state index in [1.54, 1.807) is 0 Å². The Hall–Kier alpha value is -1.49. The van der Waals surface area contributed by atoms with Gasteiger partial charge in [0.05, 0.1) is 6.61 Å². The minimum absolute atomic E-state index is 0.144. The summed E-state index contributed by atoms with van der Waals surface area (Å²) in [4.78, 5) is 10.3. The molecule has 0 aliphatic heterocycles. The average molecular weight is 286 g/mol. The predicted octanol–water partition coefficient (Wildman–Crippen LogP) is 3.91. The zero-order valence-electron chi connectivity index (χ0n) is 11.4. The van der Waals surface area contributed by atoms with Crippen molar-refractivity contribution in [1.82, 2.24) is 0 Å². The Labute approximate surface area is 117 Å². The van der Waals surface area contributed by atoms with Crippen LogP contribution in [-0.4, -0.2) is 17.7 Å². The largest absolute Gasteiger partial charge is 0.481 e. The lowest BCUT2D eigenvalue weighted by molar-refractivity contribution is -0.137. The highest BCUT2D eigenvalue weighted by Gasteiger charge is 2.03. The molecule has 0 aliphatic rings. The first-order valence-corrected chi connectivity index (χ1v) is 6.83. The Kier molecular flexibility index (Phi) is 7.80. The van der Waals surface area contributed by atoms with Crippen LogP contribution in [0, 0.1) is 11.6 Å². The van der Waals surface area contributed by atoms with Crippen LogP contribution in [0.1, 0.15) is 44.1 Å². The van der Waals surface area contributed by atoms with Gasteiger partial charge in [-0.3, -0.25) is 4.79 Å².